The maximum absolute atomic E-state index is 10.9. The van der Waals surface area contributed by atoms with Crippen LogP contribution in [-0.2, 0) is 4.79 Å². The Labute approximate surface area is 84.7 Å². The lowest BCUT2D eigenvalue weighted by molar-refractivity contribution is -0.119. The number of para-hydroxylation sites is 1. The number of hydrogen-bond donors (Lipinski definition) is 1. The molecule has 0 unspecified atom stereocenters. The molecule has 0 saturated heterocycles. The first kappa shape index (κ1) is 10.6. The van der Waals surface area contributed by atoms with Crippen molar-refractivity contribution in [3.05, 3.63) is 30.3 Å². The summed E-state index contributed by atoms with van der Waals surface area (Å²) in [7, 11) is 0. The van der Waals surface area contributed by atoms with Crippen molar-refractivity contribution in [3.63, 3.8) is 0 Å². The third-order valence-electron chi connectivity index (χ3n) is 1.81. The third-order valence-corrected chi connectivity index (χ3v) is 1.81. The van der Waals surface area contributed by atoms with Crippen molar-refractivity contribution in [2.45, 2.75) is 20.3 Å². The number of hydrogen-bond acceptors (Lipinski definition) is 2. The zero-order valence-electron chi connectivity index (χ0n) is 8.66. The fraction of sp³-hybridized carbons (Fsp3) is 0.364. The average molecular weight is 192 g/mol. The summed E-state index contributed by atoms with van der Waals surface area (Å²) >= 11 is 0. The van der Waals surface area contributed by atoms with E-state index in [1.165, 1.54) is 6.92 Å². The normalized spacial score (nSPS) is 9.57. The van der Waals surface area contributed by atoms with Crippen LogP contribution in [0.15, 0.2) is 30.3 Å². The Morgan fingerprint density at radius 3 is 2.50 bits per heavy atom. The smallest absolute Gasteiger partial charge is 0.235 e. The van der Waals surface area contributed by atoms with Gasteiger partial charge in [-0.3, -0.25) is 15.2 Å². The van der Waals surface area contributed by atoms with Crippen LogP contribution in [0.25, 0.3) is 0 Å². The lowest BCUT2D eigenvalue weighted by atomic mass is 10.3. The monoisotopic (exact) mass is 192 g/mol. The molecule has 0 aliphatic carbocycles. The molecule has 0 saturated carbocycles. The van der Waals surface area contributed by atoms with E-state index in [2.05, 4.69) is 12.3 Å². The quantitative estimate of drug-likeness (QED) is 0.739. The molecule has 0 bridgehead atoms. The molecule has 0 atom stereocenters. The first-order chi connectivity index (χ1) is 6.74. The van der Waals surface area contributed by atoms with Gasteiger partial charge in [-0.25, -0.2) is 0 Å². The molecule has 0 heterocycles. The highest BCUT2D eigenvalue weighted by molar-refractivity contribution is 5.75. The van der Waals surface area contributed by atoms with Gasteiger partial charge in [-0.1, -0.05) is 25.1 Å². The summed E-state index contributed by atoms with van der Waals surface area (Å²) in [6, 6.07) is 9.83. The van der Waals surface area contributed by atoms with E-state index in [4.69, 9.17) is 0 Å². The molecule has 1 amide bonds. The van der Waals surface area contributed by atoms with Crippen molar-refractivity contribution in [3.8, 4) is 0 Å². The van der Waals surface area contributed by atoms with Crippen LogP contribution in [0.1, 0.15) is 20.3 Å². The highest BCUT2D eigenvalue weighted by atomic mass is 16.2. The lowest BCUT2D eigenvalue weighted by Gasteiger charge is -2.23. The lowest BCUT2D eigenvalue weighted by Crippen LogP contribution is -2.41. The Kier molecular flexibility index (Phi) is 3.98. The van der Waals surface area contributed by atoms with Gasteiger partial charge in [-0.05, 0) is 18.6 Å². The van der Waals surface area contributed by atoms with Crippen LogP contribution < -0.4 is 10.4 Å². The minimum atomic E-state index is -0.0395. The summed E-state index contributed by atoms with van der Waals surface area (Å²) < 4.78 is 0. The van der Waals surface area contributed by atoms with E-state index in [1.54, 1.807) is 0 Å². The van der Waals surface area contributed by atoms with E-state index in [1.807, 2.05) is 35.3 Å². The van der Waals surface area contributed by atoms with E-state index in [9.17, 15) is 4.79 Å². The molecule has 14 heavy (non-hydrogen) atoms. The standard InChI is InChI=1S/C11H16N2O/c1-3-9-13(12-10(2)14)11-7-5-4-6-8-11/h4-8H,3,9H2,1-2H3,(H,12,14). The van der Waals surface area contributed by atoms with Gasteiger partial charge in [0, 0.05) is 13.5 Å². The van der Waals surface area contributed by atoms with Crippen molar-refractivity contribution in [1.82, 2.24) is 5.43 Å². The van der Waals surface area contributed by atoms with Gasteiger partial charge in [-0.15, -0.1) is 0 Å². The first-order valence-electron chi connectivity index (χ1n) is 4.84. The number of nitrogens with zero attached hydrogens (tertiary/aromatic N) is 1. The van der Waals surface area contributed by atoms with Crippen molar-refractivity contribution in [2.75, 3.05) is 11.6 Å². The summed E-state index contributed by atoms with van der Waals surface area (Å²) in [6.45, 7) is 4.42. The molecular formula is C11H16N2O. The Morgan fingerprint density at radius 2 is 2.00 bits per heavy atom. The molecule has 0 aliphatic rings. The number of nitrogens with one attached hydrogen (secondary N) is 1. The van der Waals surface area contributed by atoms with Crippen LogP contribution in [0.2, 0.25) is 0 Å². The van der Waals surface area contributed by atoms with Crippen LogP contribution >= 0.6 is 0 Å². The summed E-state index contributed by atoms with van der Waals surface area (Å²) in [6.07, 6.45) is 0.995. The van der Waals surface area contributed by atoms with E-state index in [0.29, 0.717) is 0 Å². The van der Waals surface area contributed by atoms with Crippen LogP contribution in [-0.4, -0.2) is 12.5 Å². The molecule has 0 aromatic heterocycles. The molecule has 76 valence electrons. The van der Waals surface area contributed by atoms with Gasteiger partial charge in [0.25, 0.3) is 0 Å². The van der Waals surface area contributed by atoms with Crippen molar-refractivity contribution in [1.29, 1.82) is 0 Å². The van der Waals surface area contributed by atoms with Gasteiger partial charge in [0.05, 0.1) is 5.69 Å². The summed E-state index contributed by atoms with van der Waals surface area (Å²) in [4.78, 5) is 10.9. The SMILES string of the molecule is CCCN(NC(C)=O)c1ccccc1. The molecule has 1 rings (SSSR count). The topological polar surface area (TPSA) is 32.3 Å². The van der Waals surface area contributed by atoms with Crippen LogP contribution in [0, 0.1) is 0 Å². The second-order valence-corrected chi connectivity index (χ2v) is 3.16. The van der Waals surface area contributed by atoms with Gasteiger partial charge in [-0.2, -0.15) is 0 Å². The van der Waals surface area contributed by atoms with E-state index >= 15 is 0 Å². The third kappa shape index (κ3) is 3.09. The van der Waals surface area contributed by atoms with E-state index < -0.39 is 0 Å². The number of amides is 1. The number of hydrazine groups is 1. The van der Waals surface area contributed by atoms with Crippen molar-refractivity contribution < 1.29 is 4.79 Å². The maximum atomic E-state index is 10.9. The van der Waals surface area contributed by atoms with Crippen LogP contribution in [0.4, 0.5) is 5.69 Å². The van der Waals surface area contributed by atoms with Crippen LogP contribution in [0.3, 0.4) is 0 Å². The number of anilines is 1. The molecule has 1 aromatic rings. The predicted octanol–water partition coefficient (Wildman–Crippen LogP) is 1.95. The number of carbonyl (C=O) groups excluding carboxylic acids is 1. The highest BCUT2D eigenvalue weighted by Crippen LogP contribution is 2.10. The first-order valence-corrected chi connectivity index (χ1v) is 4.84. The summed E-state index contributed by atoms with van der Waals surface area (Å²) in [5, 5.41) is 1.86. The zero-order chi connectivity index (χ0) is 10.4. The Bertz CT molecular complexity index is 285. The van der Waals surface area contributed by atoms with Gasteiger partial charge < -0.3 is 0 Å². The molecular weight excluding hydrogens is 176 g/mol. The van der Waals surface area contributed by atoms with Gasteiger partial charge in [0.1, 0.15) is 0 Å². The van der Waals surface area contributed by atoms with Gasteiger partial charge in [0.2, 0.25) is 5.91 Å². The molecule has 0 spiro atoms. The zero-order valence-corrected chi connectivity index (χ0v) is 8.66. The predicted molar refractivity (Wildman–Crippen MR) is 57.9 cm³/mol. The molecule has 1 N–H and O–H groups in total. The fourth-order valence-corrected chi connectivity index (χ4v) is 1.27. The van der Waals surface area contributed by atoms with Crippen molar-refractivity contribution >= 4 is 11.6 Å². The molecule has 0 radical (unpaired) electrons. The minimum Gasteiger partial charge on any atom is -0.286 e. The average Bonchev–Trinajstić information content (AvgIpc) is 2.18. The Morgan fingerprint density at radius 1 is 1.36 bits per heavy atom. The summed E-state index contributed by atoms with van der Waals surface area (Å²) in [5.74, 6) is -0.0395. The van der Waals surface area contributed by atoms with Crippen LogP contribution in [0.5, 0.6) is 0 Å². The molecule has 1 aromatic carbocycles. The number of carbonyl (C=O) groups is 1. The fourth-order valence-electron chi connectivity index (χ4n) is 1.27. The molecule has 3 heteroatoms. The molecule has 3 nitrogen and oxygen atoms in total. The van der Waals surface area contributed by atoms with E-state index in [0.717, 1.165) is 18.7 Å². The second-order valence-electron chi connectivity index (χ2n) is 3.16. The molecule has 0 aliphatic heterocycles. The largest absolute Gasteiger partial charge is 0.286 e. The van der Waals surface area contributed by atoms with Crippen molar-refractivity contribution in [2.24, 2.45) is 0 Å². The Hall–Kier alpha value is -1.51. The second kappa shape index (κ2) is 5.27. The van der Waals surface area contributed by atoms with E-state index in [-0.39, 0.29) is 5.91 Å². The minimum absolute atomic E-state index is 0.0395. The Balaban J connectivity index is 2.72. The maximum Gasteiger partial charge on any atom is 0.235 e. The highest BCUT2D eigenvalue weighted by Gasteiger charge is 2.04. The van der Waals surface area contributed by atoms with Gasteiger partial charge >= 0.3 is 0 Å². The number of rotatable bonds is 4. The summed E-state index contributed by atoms with van der Waals surface area (Å²) in [5.41, 5.74) is 3.81. The molecule has 0 fully saturated rings. The number of benzene rings is 1. The van der Waals surface area contributed by atoms with Gasteiger partial charge in [0.15, 0.2) is 0 Å².